The number of aliphatic hydroxyl groups is 1. The summed E-state index contributed by atoms with van der Waals surface area (Å²) in [5.41, 5.74) is 0. The summed E-state index contributed by atoms with van der Waals surface area (Å²) in [6, 6.07) is 0. The number of esters is 2. The molecule has 0 aliphatic carbocycles. The molecular weight excluding hydrogens is 598 g/mol. The van der Waals surface area contributed by atoms with Gasteiger partial charge in [-0.2, -0.15) is 0 Å². The Bertz CT molecular complexity index is 808. The summed E-state index contributed by atoms with van der Waals surface area (Å²) in [6.45, 7) is 8.41. The Kier molecular flexibility index (Phi) is 34.9. The molecule has 0 aliphatic heterocycles. The summed E-state index contributed by atoms with van der Waals surface area (Å²) < 4.78 is 12.3. The molecule has 6 heteroatoms. The van der Waals surface area contributed by atoms with Gasteiger partial charge in [0.1, 0.15) is 12.2 Å². The molecule has 0 saturated carbocycles. The lowest BCUT2D eigenvalue weighted by Gasteiger charge is -2.27. The van der Waals surface area contributed by atoms with Gasteiger partial charge in [0.05, 0.1) is 6.61 Å². The zero-order valence-corrected chi connectivity index (χ0v) is 31.9. The Morgan fingerprint density at radius 2 is 0.917 bits per heavy atom. The molecule has 6 nitrogen and oxygen atoms in total. The second-order valence-corrected chi connectivity index (χ2v) is 13.5. The molecule has 0 spiro atoms. The van der Waals surface area contributed by atoms with Crippen LogP contribution < -0.4 is 0 Å². The van der Waals surface area contributed by atoms with E-state index in [1.165, 1.54) is 57.8 Å². The van der Waals surface area contributed by atoms with Gasteiger partial charge in [0.25, 0.3) is 0 Å². The van der Waals surface area contributed by atoms with Crippen LogP contribution in [0.1, 0.15) is 181 Å². The zero-order chi connectivity index (χ0) is 35.3. The van der Waals surface area contributed by atoms with Gasteiger partial charge in [0.2, 0.25) is 0 Å². The third-order valence-electron chi connectivity index (χ3n) is 8.78. The van der Waals surface area contributed by atoms with Gasteiger partial charge in [-0.25, -0.2) is 0 Å². The van der Waals surface area contributed by atoms with Gasteiger partial charge in [0.15, 0.2) is 0 Å². The van der Waals surface area contributed by atoms with Gasteiger partial charge in [-0.3, -0.25) is 9.59 Å². The average Bonchev–Trinajstić information content (AvgIpc) is 3.07. The van der Waals surface area contributed by atoms with Crippen molar-refractivity contribution in [1.82, 2.24) is 4.90 Å². The van der Waals surface area contributed by atoms with E-state index in [-0.39, 0.29) is 18.5 Å². The van der Waals surface area contributed by atoms with Crippen LogP contribution in [0.2, 0.25) is 0 Å². The van der Waals surface area contributed by atoms with Gasteiger partial charge in [0, 0.05) is 19.4 Å². The number of carbonyl (C=O) groups is 2. The number of unbranched alkanes of at least 4 members (excludes halogenated alkanes) is 14. The summed E-state index contributed by atoms with van der Waals surface area (Å²) in [6.07, 6.45) is 37.3. The van der Waals surface area contributed by atoms with E-state index >= 15 is 0 Å². The van der Waals surface area contributed by atoms with Crippen LogP contribution in [-0.2, 0) is 19.1 Å². The third-order valence-corrected chi connectivity index (χ3v) is 8.78. The summed E-state index contributed by atoms with van der Waals surface area (Å²) in [5.74, 6) is -0.373. The molecule has 0 fully saturated rings. The van der Waals surface area contributed by atoms with E-state index in [9.17, 15) is 9.59 Å². The standard InChI is InChI=1S/C42H77NO5/c1-5-8-11-14-17-20-23-27-32-39(47-41(45)34-29-25-22-19-16-13-10-7-3)40(33-28-24-21-18-15-12-9-6-2)48-42(46)35-30-26-31-36-43(4)37-38-44/h17-22,39-40,44H,5-16,23-38H2,1-4H3/b20-17-,21-18-,22-19-. The lowest BCUT2D eigenvalue weighted by Crippen LogP contribution is -2.35. The molecule has 0 radical (unpaired) electrons. The summed E-state index contributed by atoms with van der Waals surface area (Å²) >= 11 is 0. The molecule has 0 heterocycles. The maximum atomic E-state index is 13.1. The molecule has 1 N–H and O–H groups in total. The Morgan fingerprint density at radius 1 is 0.521 bits per heavy atom. The molecule has 0 saturated heterocycles. The monoisotopic (exact) mass is 676 g/mol. The minimum absolute atomic E-state index is 0.163. The smallest absolute Gasteiger partial charge is 0.306 e. The number of likely N-dealkylation sites (N-methyl/N-ethyl adjacent to an activating group) is 1. The molecule has 2 unspecified atom stereocenters. The fourth-order valence-corrected chi connectivity index (χ4v) is 5.69. The normalized spacial score (nSPS) is 13.3. The number of hydrogen-bond donors (Lipinski definition) is 1. The van der Waals surface area contributed by atoms with Crippen molar-refractivity contribution in [2.24, 2.45) is 0 Å². The van der Waals surface area contributed by atoms with Crippen LogP contribution in [0.25, 0.3) is 0 Å². The van der Waals surface area contributed by atoms with Crippen LogP contribution in [0, 0.1) is 0 Å². The number of allylic oxidation sites excluding steroid dienone is 6. The quantitative estimate of drug-likeness (QED) is 0.0409. The lowest BCUT2D eigenvalue weighted by molar-refractivity contribution is -0.169. The first-order valence-corrected chi connectivity index (χ1v) is 20.1. The number of rotatable bonds is 35. The first-order valence-electron chi connectivity index (χ1n) is 20.1. The van der Waals surface area contributed by atoms with E-state index in [4.69, 9.17) is 14.6 Å². The Hall–Kier alpha value is -1.92. The Labute approximate surface area is 297 Å². The Morgan fingerprint density at radius 3 is 1.33 bits per heavy atom. The highest BCUT2D eigenvalue weighted by atomic mass is 16.6. The first-order chi connectivity index (χ1) is 23.5. The molecular formula is C42H77NO5. The van der Waals surface area contributed by atoms with E-state index in [0.717, 1.165) is 83.6 Å². The highest BCUT2D eigenvalue weighted by Crippen LogP contribution is 2.21. The predicted molar refractivity (Wildman–Crippen MR) is 204 cm³/mol. The molecule has 0 aliphatic rings. The molecule has 0 amide bonds. The van der Waals surface area contributed by atoms with Gasteiger partial charge < -0.3 is 19.5 Å². The molecule has 0 aromatic rings. The molecule has 48 heavy (non-hydrogen) atoms. The molecule has 280 valence electrons. The van der Waals surface area contributed by atoms with Crippen LogP contribution in [0.15, 0.2) is 36.5 Å². The fourth-order valence-electron chi connectivity index (χ4n) is 5.69. The number of hydrogen-bond acceptors (Lipinski definition) is 6. The second-order valence-electron chi connectivity index (χ2n) is 13.5. The minimum Gasteiger partial charge on any atom is -0.458 e. The highest BCUT2D eigenvalue weighted by Gasteiger charge is 2.28. The van der Waals surface area contributed by atoms with Gasteiger partial charge in [-0.05, 0) is 116 Å². The van der Waals surface area contributed by atoms with E-state index in [2.05, 4.69) is 62.1 Å². The average molecular weight is 676 g/mol. The van der Waals surface area contributed by atoms with Gasteiger partial charge in [-0.15, -0.1) is 0 Å². The topological polar surface area (TPSA) is 76.1 Å². The number of nitrogens with zero attached hydrogens (tertiary/aromatic N) is 1. The van der Waals surface area contributed by atoms with Crippen molar-refractivity contribution in [2.75, 3.05) is 26.7 Å². The largest absolute Gasteiger partial charge is 0.458 e. The minimum atomic E-state index is -0.419. The van der Waals surface area contributed by atoms with Crippen molar-refractivity contribution in [3.05, 3.63) is 36.5 Å². The summed E-state index contributed by atoms with van der Waals surface area (Å²) in [7, 11) is 2.00. The predicted octanol–water partition coefficient (Wildman–Crippen LogP) is 11.2. The highest BCUT2D eigenvalue weighted by molar-refractivity contribution is 5.70. The van der Waals surface area contributed by atoms with E-state index < -0.39 is 12.2 Å². The molecule has 0 aromatic heterocycles. The van der Waals surface area contributed by atoms with Crippen molar-refractivity contribution in [3.8, 4) is 0 Å². The van der Waals surface area contributed by atoms with Crippen LogP contribution >= 0.6 is 0 Å². The number of carbonyl (C=O) groups excluding carboxylic acids is 2. The van der Waals surface area contributed by atoms with E-state index in [0.29, 0.717) is 32.2 Å². The van der Waals surface area contributed by atoms with Gasteiger partial charge in [-0.1, -0.05) is 102 Å². The summed E-state index contributed by atoms with van der Waals surface area (Å²) in [4.78, 5) is 28.3. The van der Waals surface area contributed by atoms with Crippen LogP contribution in [0.5, 0.6) is 0 Å². The van der Waals surface area contributed by atoms with E-state index in [1.54, 1.807) is 0 Å². The SMILES string of the molecule is CCCCC/C=C\CCCC(=O)OC(CCC/C=C\CCCCC)C(CCC/C=C\CCCCC)OC(=O)CCCCCN(C)CCO. The van der Waals surface area contributed by atoms with Crippen molar-refractivity contribution in [3.63, 3.8) is 0 Å². The summed E-state index contributed by atoms with van der Waals surface area (Å²) in [5, 5.41) is 9.10. The number of ether oxygens (including phenoxy) is 2. The number of aliphatic hydroxyl groups excluding tert-OH is 1. The Balaban J connectivity index is 5.31. The second kappa shape index (κ2) is 36.4. The fraction of sp³-hybridized carbons (Fsp3) is 0.810. The molecule has 0 rings (SSSR count). The molecule has 2 atom stereocenters. The van der Waals surface area contributed by atoms with Crippen molar-refractivity contribution < 1.29 is 24.2 Å². The van der Waals surface area contributed by atoms with Crippen LogP contribution in [-0.4, -0.2) is 60.9 Å². The molecule has 0 aromatic carbocycles. The lowest BCUT2D eigenvalue weighted by atomic mass is 10.0. The zero-order valence-electron chi connectivity index (χ0n) is 31.9. The van der Waals surface area contributed by atoms with Crippen molar-refractivity contribution in [2.45, 2.75) is 193 Å². The van der Waals surface area contributed by atoms with Crippen molar-refractivity contribution >= 4 is 11.9 Å². The molecule has 0 bridgehead atoms. The maximum absolute atomic E-state index is 13.1. The van der Waals surface area contributed by atoms with Crippen molar-refractivity contribution in [1.29, 1.82) is 0 Å². The van der Waals surface area contributed by atoms with Gasteiger partial charge >= 0.3 is 11.9 Å². The van der Waals surface area contributed by atoms with Crippen LogP contribution in [0.3, 0.4) is 0 Å². The van der Waals surface area contributed by atoms with E-state index in [1.807, 2.05) is 7.05 Å². The van der Waals surface area contributed by atoms with Crippen LogP contribution in [0.4, 0.5) is 0 Å². The maximum Gasteiger partial charge on any atom is 0.306 e. The third kappa shape index (κ3) is 31.4. The first kappa shape index (κ1) is 46.1.